The summed E-state index contributed by atoms with van der Waals surface area (Å²) in [6.45, 7) is 2.64. The summed E-state index contributed by atoms with van der Waals surface area (Å²) < 4.78 is 0. The Kier molecular flexibility index (Phi) is 9.96. The maximum atomic E-state index is 9.87. The van der Waals surface area contributed by atoms with Crippen LogP contribution in [0.15, 0.2) is 0 Å². The second-order valence-corrected chi connectivity index (χ2v) is 1.29. The molecule has 0 radical (unpaired) electrons. The van der Waals surface area contributed by atoms with E-state index in [9.17, 15) is 4.79 Å². The Balaban J connectivity index is 0. The van der Waals surface area contributed by atoms with Crippen LogP contribution in [-0.4, -0.2) is 12.6 Å². The first-order valence-electron chi connectivity index (χ1n) is 2.30. The molecule has 0 heterocycles. The summed E-state index contributed by atoms with van der Waals surface area (Å²) in [6.07, 6.45) is 0.933. The topological polar surface area (TPSA) is 55.1 Å². The Morgan fingerprint density at radius 2 is 2.25 bits per heavy atom. The van der Waals surface area contributed by atoms with Crippen LogP contribution in [-0.2, 0) is 27.7 Å². The number of hydrogen-bond donors (Lipinski definition) is 2. The number of nitrogens with two attached hydrogens (primary N) is 1. The van der Waals surface area contributed by atoms with Gasteiger partial charge in [-0.05, 0) is 6.42 Å². The zero-order chi connectivity index (χ0) is 5.70. The van der Waals surface area contributed by atoms with Gasteiger partial charge in [0, 0.05) is 34.2 Å². The number of primary amides is 1. The van der Waals surface area contributed by atoms with E-state index >= 15 is 0 Å². The molecule has 0 spiro atoms. The largest absolute Gasteiger partial charge is 0.352 e. The third kappa shape index (κ3) is 9.51. The molecule has 8 heavy (non-hydrogen) atoms. The third-order valence-electron chi connectivity index (χ3n) is 0.549. The molecular weight excluding hydrogens is 293 g/mol. The normalized spacial score (nSPS) is 7.12. The summed E-state index contributed by atoms with van der Waals surface area (Å²) in [6, 6.07) is -0.443. The van der Waals surface area contributed by atoms with Gasteiger partial charge >= 0.3 is 6.03 Å². The summed E-state index contributed by atoms with van der Waals surface area (Å²) in [5.41, 5.74) is 4.73. The van der Waals surface area contributed by atoms with Gasteiger partial charge in [-0.3, -0.25) is 0 Å². The van der Waals surface area contributed by atoms with Gasteiger partial charge in [-0.25, -0.2) is 4.79 Å². The first-order valence-corrected chi connectivity index (χ1v) is 2.30. The van der Waals surface area contributed by atoms with Gasteiger partial charge in [0.25, 0.3) is 0 Å². The minimum atomic E-state index is -0.443. The quantitative estimate of drug-likeness (QED) is 0.697. The maximum absolute atomic E-state index is 9.87. The van der Waals surface area contributed by atoms with E-state index in [0.29, 0.717) is 6.54 Å². The fraction of sp³-hybridized carbons (Fsp3) is 0.750. The standard InChI is InChI=1S/C4H10N2O.Hg/c1-2-3-6-4(5)7;/h2-3H2,1H3,(H3,5,6,7);. The van der Waals surface area contributed by atoms with Crippen molar-refractivity contribution in [3.63, 3.8) is 0 Å². The third-order valence-corrected chi connectivity index (χ3v) is 0.549. The molecule has 4 heteroatoms. The number of rotatable bonds is 2. The molecule has 0 aliphatic carbocycles. The van der Waals surface area contributed by atoms with Crippen LogP contribution in [0.3, 0.4) is 0 Å². The fourth-order valence-electron chi connectivity index (χ4n) is 0.248. The second-order valence-electron chi connectivity index (χ2n) is 1.29. The van der Waals surface area contributed by atoms with E-state index in [1.54, 1.807) is 0 Å². The van der Waals surface area contributed by atoms with Crippen LogP contribution in [0.5, 0.6) is 0 Å². The molecule has 44 valence electrons. The van der Waals surface area contributed by atoms with E-state index in [0.717, 1.165) is 6.42 Å². The number of urea groups is 1. The Morgan fingerprint density at radius 1 is 1.75 bits per heavy atom. The summed E-state index contributed by atoms with van der Waals surface area (Å²) in [5, 5.41) is 2.43. The van der Waals surface area contributed by atoms with E-state index in [-0.39, 0.29) is 27.7 Å². The van der Waals surface area contributed by atoms with Crippen molar-refractivity contribution in [1.82, 2.24) is 5.32 Å². The molecule has 0 fully saturated rings. The molecule has 3 nitrogen and oxygen atoms in total. The first-order chi connectivity index (χ1) is 3.27. The monoisotopic (exact) mass is 304 g/mol. The number of amides is 2. The number of nitrogens with one attached hydrogen (secondary N) is 1. The van der Waals surface area contributed by atoms with E-state index in [1.165, 1.54) is 0 Å². The van der Waals surface area contributed by atoms with Gasteiger partial charge in [-0.2, -0.15) is 0 Å². The molecule has 0 aliphatic rings. The van der Waals surface area contributed by atoms with Crippen molar-refractivity contribution < 1.29 is 32.5 Å². The Morgan fingerprint density at radius 3 is 2.38 bits per heavy atom. The van der Waals surface area contributed by atoms with E-state index in [2.05, 4.69) is 5.32 Å². The molecule has 0 unspecified atom stereocenters. The molecule has 0 saturated carbocycles. The van der Waals surface area contributed by atoms with Crippen molar-refractivity contribution in [2.75, 3.05) is 6.54 Å². The summed E-state index contributed by atoms with van der Waals surface area (Å²) in [5.74, 6) is 0. The van der Waals surface area contributed by atoms with E-state index < -0.39 is 6.03 Å². The van der Waals surface area contributed by atoms with Crippen LogP contribution in [0.4, 0.5) is 4.79 Å². The molecule has 2 amide bonds. The summed E-state index contributed by atoms with van der Waals surface area (Å²) in [7, 11) is 0. The smallest absolute Gasteiger partial charge is 0.312 e. The van der Waals surface area contributed by atoms with Crippen molar-refractivity contribution in [1.29, 1.82) is 0 Å². The summed E-state index contributed by atoms with van der Waals surface area (Å²) >= 11 is 0. The van der Waals surface area contributed by atoms with Crippen LogP contribution in [0.1, 0.15) is 13.3 Å². The predicted octanol–water partition coefficient (Wildman–Crippen LogP) is 0.0622. The molecular formula is C4H10HgN2O. The maximum Gasteiger partial charge on any atom is 0.312 e. The van der Waals surface area contributed by atoms with E-state index in [4.69, 9.17) is 5.73 Å². The van der Waals surface area contributed by atoms with Crippen LogP contribution in [0.2, 0.25) is 0 Å². The molecule has 0 aromatic rings. The second kappa shape index (κ2) is 7.21. The van der Waals surface area contributed by atoms with Crippen molar-refractivity contribution in [3.8, 4) is 0 Å². The van der Waals surface area contributed by atoms with Gasteiger partial charge in [0.05, 0.1) is 0 Å². The molecule has 0 atom stereocenters. The molecule has 0 saturated heterocycles. The van der Waals surface area contributed by atoms with Gasteiger partial charge < -0.3 is 11.1 Å². The van der Waals surface area contributed by atoms with Gasteiger partial charge in [0.1, 0.15) is 0 Å². The molecule has 0 bridgehead atoms. The number of carbonyl (C=O) groups is 1. The molecule has 0 aromatic heterocycles. The molecule has 0 rings (SSSR count). The minimum Gasteiger partial charge on any atom is -0.352 e. The minimum absolute atomic E-state index is 0. The average Bonchev–Trinajstić information content (AvgIpc) is 1.61. The zero-order valence-corrected chi connectivity index (χ0v) is 10.6. The molecule has 3 N–H and O–H groups in total. The molecule has 0 aliphatic heterocycles. The average molecular weight is 303 g/mol. The van der Waals surface area contributed by atoms with Gasteiger partial charge in [-0.15, -0.1) is 0 Å². The van der Waals surface area contributed by atoms with Crippen LogP contribution in [0, 0.1) is 0 Å². The van der Waals surface area contributed by atoms with Gasteiger partial charge in [-0.1, -0.05) is 6.92 Å². The zero-order valence-electron chi connectivity index (χ0n) is 5.11. The van der Waals surface area contributed by atoms with Gasteiger partial charge in [0.15, 0.2) is 0 Å². The predicted molar refractivity (Wildman–Crippen MR) is 27.9 cm³/mol. The Labute approximate surface area is 69.5 Å². The van der Waals surface area contributed by atoms with Crippen molar-refractivity contribution in [3.05, 3.63) is 0 Å². The Hall–Kier alpha value is 0.205. The van der Waals surface area contributed by atoms with Crippen molar-refractivity contribution in [2.24, 2.45) is 5.73 Å². The van der Waals surface area contributed by atoms with Crippen LogP contribution >= 0.6 is 0 Å². The van der Waals surface area contributed by atoms with Crippen molar-refractivity contribution >= 4 is 6.03 Å². The van der Waals surface area contributed by atoms with Crippen molar-refractivity contribution in [2.45, 2.75) is 13.3 Å². The van der Waals surface area contributed by atoms with Crippen LogP contribution < -0.4 is 11.1 Å². The first kappa shape index (κ1) is 11.1. The summed E-state index contributed by atoms with van der Waals surface area (Å²) in [4.78, 5) is 9.87. The number of hydrogen-bond acceptors (Lipinski definition) is 1. The Bertz CT molecular complexity index is 67.1. The molecule has 0 aromatic carbocycles. The van der Waals surface area contributed by atoms with Gasteiger partial charge in [0.2, 0.25) is 0 Å². The number of carbonyl (C=O) groups excluding carboxylic acids is 1. The van der Waals surface area contributed by atoms with Crippen LogP contribution in [0.25, 0.3) is 0 Å². The SMILES string of the molecule is CCCNC(N)=O.[Hg]. The van der Waals surface area contributed by atoms with E-state index in [1.807, 2.05) is 6.92 Å². The fourth-order valence-corrected chi connectivity index (χ4v) is 0.248.